The van der Waals surface area contributed by atoms with Crippen LogP contribution in [0.1, 0.15) is 23.1 Å². The molecule has 6 heteroatoms. The molecule has 0 spiro atoms. The Kier molecular flexibility index (Phi) is 4.60. The Bertz CT molecular complexity index is 556. The summed E-state index contributed by atoms with van der Waals surface area (Å²) in [7, 11) is 1.72. The highest BCUT2D eigenvalue weighted by molar-refractivity contribution is 5.91. The van der Waals surface area contributed by atoms with Crippen LogP contribution in [0.2, 0.25) is 0 Å². The number of rotatable bonds is 5. The van der Waals surface area contributed by atoms with Crippen molar-refractivity contribution in [2.75, 3.05) is 18.9 Å². The van der Waals surface area contributed by atoms with Crippen LogP contribution in [-0.4, -0.2) is 39.4 Å². The first-order chi connectivity index (χ1) is 9.70. The van der Waals surface area contributed by atoms with Gasteiger partial charge in [0.25, 0.3) is 5.91 Å². The van der Waals surface area contributed by atoms with Gasteiger partial charge in [-0.1, -0.05) is 6.07 Å². The predicted octanol–water partition coefficient (Wildman–Crippen LogP) is 1.58. The molecular formula is C14H17N5O. The topological polar surface area (TPSA) is 71.0 Å². The molecule has 6 nitrogen and oxygen atoms in total. The fourth-order valence-electron chi connectivity index (χ4n) is 1.71. The summed E-state index contributed by atoms with van der Waals surface area (Å²) in [6, 6.07) is 5.62. The molecule has 0 bridgehead atoms. The van der Waals surface area contributed by atoms with Crippen molar-refractivity contribution in [2.45, 2.75) is 13.5 Å². The number of aromatic nitrogens is 3. The normalized spacial score (nSPS) is 10.1. The monoisotopic (exact) mass is 271 g/mol. The van der Waals surface area contributed by atoms with Crippen molar-refractivity contribution in [2.24, 2.45) is 0 Å². The predicted molar refractivity (Wildman–Crippen MR) is 76.2 cm³/mol. The Morgan fingerprint density at radius 3 is 2.70 bits per heavy atom. The van der Waals surface area contributed by atoms with Gasteiger partial charge in [-0.25, -0.2) is 9.97 Å². The second kappa shape index (κ2) is 6.60. The average molecular weight is 271 g/mol. The summed E-state index contributed by atoms with van der Waals surface area (Å²) >= 11 is 0. The van der Waals surface area contributed by atoms with Gasteiger partial charge in [0.1, 0.15) is 11.5 Å². The van der Waals surface area contributed by atoms with Gasteiger partial charge in [0, 0.05) is 19.8 Å². The van der Waals surface area contributed by atoms with Crippen LogP contribution in [0.5, 0.6) is 0 Å². The van der Waals surface area contributed by atoms with Crippen molar-refractivity contribution in [3.05, 3.63) is 48.2 Å². The van der Waals surface area contributed by atoms with E-state index in [1.807, 2.05) is 25.1 Å². The van der Waals surface area contributed by atoms with E-state index < -0.39 is 0 Å². The molecule has 2 heterocycles. The van der Waals surface area contributed by atoms with Crippen molar-refractivity contribution in [3.63, 3.8) is 0 Å². The molecule has 0 fully saturated rings. The summed E-state index contributed by atoms with van der Waals surface area (Å²) in [4.78, 5) is 26.2. The molecule has 0 aliphatic heterocycles. The van der Waals surface area contributed by atoms with Gasteiger partial charge in [-0.05, 0) is 19.1 Å². The molecule has 2 aromatic heterocycles. The van der Waals surface area contributed by atoms with Crippen LogP contribution in [0.25, 0.3) is 0 Å². The van der Waals surface area contributed by atoms with Gasteiger partial charge in [-0.3, -0.25) is 9.78 Å². The first-order valence-electron chi connectivity index (χ1n) is 6.42. The van der Waals surface area contributed by atoms with E-state index in [9.17, 15) is 4.79 Å². The van der Waals surface area contributed by atoms with Gasteiger partial charge in [-0.15, -0.1) is 0 Å². The van der Waals surface area contributed by atoms with E-state index in [0.717, 1.165) is 12.2 Å². The molecule has 1 amide bonds. The van der Waals surface area contributed by atoms with E-state index in [1.54, 1.807) is 24.3 Å². The first-order valence-corrected chi connectivity index (χ1v) is 6.42. The summed E-state index contributed by atoms with van der Waals surface area (Å²) in [6.07, 6.45) is 4.75. The standard InChI is InChI=1S/C14H17N5O/c1-3-15-13-9-17-12(8-18-13)14(20)19(2)10-11-6-4-5-7-16-11/h4-9H,3,10H2,1-2H3,(H,15,18). The van der Waals surface area contributed by atoms with E-state index in [-0.39, 0.29) is 5.91 Å². The minimum absolute atomic E-state index is 0.175. The number of carbonyl (C=O) groups excluding carboxylic acids is 1. The quantitative estimate of drug-likeness (QED) is 0.894. The smallest absolute Gasteiger partial charge is 0.274 e. The molecule has 0 saturated heterocycles. The van der Waals surface area contributed by atoms with Gasteiger partial charge in [0.15, 0.2) is 0 Å². The lowest BCUT2D eigenvalue weighted by Gasteiger charge is -2.16. The number of pyridine rings is 1. The molecule has 2 aromatic rings. The third-order valence-corrected chi connectivity index (χ3v) is 2.70. The van der Waals surface area contributed by atoms with E-state index in [4.69, 9.17) is 0 Å². The molecular weight excluding hydrogens is 254 g/mol. The SMILES string of the molecule is CCNc1cnc(C(=O)N(C)Cc2ccccn2)cn1. The molecule has 0 aromatic carbocycles. The molecule has 0 radical (unpaired) electrons. The molecule has 0 aliphatic carbocycles. The lowest BCUT2D eigenvalue weighted by molar-refractivity contribution is 0.0777. The molecule has 0 atom stereocenters. The van der Waals surface area contributed by atoms with Gasteiger partial charge in [0.05, 0.1) is 24.6 Å². The zero-order valence-electron chi connectivity index (χ0n) is 11.6. The fraction of sp³-hybridized carbons (Fsp3) is 0.286. The Hall–Kier alpha value is -2.50. The summed E-state index contributed by atoms with van der Waals surface area (Å²) in [5, 5.41) is 3.03. The lowest BCUT2D eigenvalue weighted by atomic mass is 10.3. The minimum Gasteiger partial charge on any atom is -0.369 e. The van der Waals surface area contributed by atoms with E-state index in [1.165, 1.54) is 6.20 Å². The molecule has 1 N–H and O–H groups in total. The van der Waals surface area contributed by atoms with Crippen LogP contribution in [0.15, 0.2) is 36.8 Å². The van der Waals surface area contributed by atoms with Crippen molar-refractivity contribution in [1.29, 1.82) is 0 Å². The molecule has 0 unspecified atom stereocenters. The largest absolute Gasteiger partial charge is 0.369 e. The average Bonchev–Trinajstić information content (AvgIpc) is 2.48. The molecule has 0 saturated carbocycles. The van der Waals surface area contributed by atoms with E-state index >= 15 is 0 Å². The Morgan fingerprint density at radius 2 is 2.10 bits per heavy atom. The number of nitrogens with one attached hydrogen (secondary N) is 1. The van der Waals surface area contributed by atoms with Gasteiger partial charge in [-0.2, -0.15) is 0 Å². The summed E-state index contributed by atoms with van der Waals surface area (Å²) in [5.41, 5.74) is 1.16. The van der Waals surface area contributed by atoms with Crippen LogP contribution in [0, 0.1) is 0 Å². The molecule has 104 valence electrons. The third-order valence-electron chi connectivity index (χ3n) is 2.70. The molecule has 0 aliphatic rings. The Morgan fingerprint density at radius 1 is 1.25 bits per heavy atom. The van der Waals surface area contributed by atoms with E-state index in [0.29, 0.717) is 18.1 Å². The number of hydrogen-bond acceptors (Lipinski definition) is 5. The molecule has 2 rings (SSSR count). The summed E-state index contributed by atoms with van der Waals surface area (Å²) in [5.74, 6) is 0.489. The number of hydrogen-bond donors (Lipinski definition) is 1. The van der Waals surface area contributed by atoms with Crippen molar-refractivity contribution in [3.8, 4) is 0 Å². The van der Waals surface area contributed by atoms with Crippen LogP contribution < -0.4 is 5.32 Å². The van der Waals surface area contributed by atoms with Crippen molar-refractivity contribution >= 4 is 11.7 Å². The maximum absolute atomic E-state index is 12.2. The Labute approximate surface area is 117 Å². The first kappa shape index (κ1) is 13.9. The van der Waals surface area contributed by atoms with Crippen LogP contribution in [0.3, 0.4) is 0 Å². The van der Waals surface area contributed by atoms with Crippen molar-refractivity contribution in [1.82, 2.24) is 19.9 Å². The van der Waals surface area contributed by atoms with Crippen molar-refractivity contribution < 1.29 is 4.79 Å². The zero-order chi connectivity index (χ0) is 14.4. The Balaban J connectivity index is 2.03. The number of carbonyl (C=O) groups is 1. The zero-order valence-corrected chi connectivity index (χ0v) is 11.6. The second-order valence-corrected chi connectivity index (χ2v) is 4.30. The summed E-state index contributed by atoms with van der Waals surface area (Å²) in [6.45, 7) is 3.18. The second-order valence-electron chi connectivity index (χ2n) is 4.30. The highest BCUT2D eigenvalue weighted by atomic mass is 16.2. The highest BCUT2D eigenvalue weighted by Crippen LogP contribution is 2.06. The molecule has 20 heavy (non-hydrogen) atoms. The lowest BCUT2D eigenvalue weighted by Crippen LogP contribution is -2.27. The van der Waals surface area contributed by atoms with Crippen LogP contribution >= 0.6 is 0 Å². The maximum atomic E-state index is 12.2. The fourth-order valence-corrected chi connectivity index (χ4v) is 1.71. The highest BCUT2D eigenvalue weighted by Gasteiger charge is 2.14. The van der Waals surface area contributed by atoms with Crippen LogP contribution in [-0.2, 0) is 6.54 Å². The number of amides is 1. The van der Waals surface area contributed by atoms with Gasteiger partial charge in [0.2, 0.25) is 0 Å². The third kappa shape index (κ3) is 3.50. The summed E-state index contributed by atoms with van der Waals surface area (Å²) < 4.78 is 0. The van der Waals surface area contributed by atoms with Gasteiger partial charge < -0.3 is 10.2 Å². The van der Waals surface area contributed by atoms with E-state index in [2.05, 4.69) is 20.3 Å². The maximum Gasteiger partial charge on any atom is 0.274 e. The number of anilines is 1. The van der Waals surface area contributed by atoms with Gasteiger partial charge >= 0.3 is 0 Å². The minimum atomic E-state index is -0.175. The van der Waals surface area contributed by atoms with Crippen LogP contribution in [0.4, 0.5) is 5.82 Å². The number of nitrogens with zero attached hydrogens (tertiary/aromatic N) is 4.